The summed E-state index contributed by atoms with van der Waals surface area (Å²) in [5.74, 6) is 0.971. The van der Waals surface area contributed by atoms with Crippen LogP contribution in [0, 0.1) is 0 Å². The van der Waals surface area contributed by atoms with E-state index < -0.39 is 0 Å². The van der Waals surface area contributed by atoms with E-state index >= 15 is 0 Å². The fourth-order valence-electron chi connectivity index (χ4n) is 3.52. The Bertz CT molecular complexity index is 613. The van der Waals surface area contributed by atoms with E-state index in [0.717, 1.165) is 30.4 Å². The molecule has 138 valence electrons. The van der Waals surface area contributed by atoms with E-state index in [2.05, 4.69) is 54.0 Å². The van der Waals surface area contributed by atoms with Gasteiger partial charge < -0.3 is 14.5 Å². The molecule has 0 aromatic heterocycles. The summed E-state index contributed by atoms with van der Waals surface area (Å²) in [7, 11) is 0. The minimum absolute atomic E-state index is 0. The summed E-state index contributed by atoms with van der Waals surface area (Å²) in [5, 5.41) is 0.798. The van der Waals surface area contributed by atoms with Crippen LogP contribution in [0.3, 0.4) is 0 Å². The molecule has 0 N–H and O–H groups in total. The number of rotatable bonds is 7. The van der Waals surface area contributed by atoms with Crippen LogP contribution in [0.5, 0.6) is 5.75 Å². The highest BCUT2D eigenvalue weighted by atomic mass is 35.5. The number of hydrogen-bond acceptors (Lipinski definition) is 3. The Balaban J connectivity index is 0.00000225. The zero-order chi connectivity index (χ0) is 16.9. The predicted molar refractivity (Wildman–Crippen MR) is 109 cm³/mol. The number of hydrogen-bond donors (Lipinski definition) is 0. The quantitative estimate of drug-likeness (QED) is 0.626. The van der Waals surface area contributed by atoms with Crippen LogP contribution in [-0.2, 0) is 0 Å². The molecule has 3 rings (SSSR count). The molecule has 1 aromatic rings. The van der Waals surface area contributed by atoms with Crippen LogP contribution in [0.1, 0.15) is 26.7 Å². The Hall–Kier alpha value is -1.16. The first-order valence-electron chi connectivity index (χ1n) is 9.03. The lowest BCUT2D eigenvalue weighted by molar-refractivity contribution is 0.210. The Labute approximate surface area is 162 Å². The Morgan fingerprint density at radius 1 is 1.16 bits per heavy atom. The minimum Gasteiger partial charge on any atom is -0.482 e. The second kappa shape index (κ2) is 9.51. The molecule has 1 heterocycles. The van der Waals surface area contributed by atoms with E-state index in [0.29, 0.717) is 0 Å². The summed E-state index contributed by atoms with van der Waals surface area (Å²) in [6.07, 6.45) is 8.56. The Morgan fingerprint density at radius 2 is 1.92 bits per heavy atom. The van der Waals surface area contributed by atoms with Crippen molar-refractivity contribution >= 4 is 29.7 Å². The van der Waals surface area contributed by atoms with Crippen LogP contribution in [0.15, 0.2) is 47.5 Å². The van der Waals surface area contributed by atoms with Gasteiger partial charge >= 0.3 is 0 Å². The molecule has 0 saturated carbocycles. The molecule has 0 fully saturated rings. The van der Waals surface area contributed by atoms with E-state index in [1.807, 2.05) is 12.1 Å². The molecular weight excluding hydrogens is 355 g/mol. The van der Waals surface area contributed by atoms with Gasteiger partial charge in [-0.3, -0.25) is 0 Å². The zero-order valence-corrected chi connectivity index (χ0v) is 16.6. The molecule has 2 atom stereocenters. The summed E-state index contributed by atoms with van der Waals surface area (Å²) < 4.78 is 6.15. The lowest BCUT2D eigenvalue weighted by atomic mass is 9.99. The van der Waals surface area contributed by atoms with Crippen LogP contribution in [0.4, 0.5) is 5.69 Å². The summed E-state index contributed by atoms with van der Waals surface area (Å²) in [4.78, 5) is 4.94. The molecule has 2 unspecified atom stereocenters. The molecule has 1 aromatic carbocycles. The van der Waals surface area contributed by atoms with E-state index in [1.54, 1.807) is 0 Å². The Morgan fingerprint density at radius 3 is 2.68 bits per heavy atom. The second-order valence-corrected chi connectivity index (χ2v) is 6.82. The topological polar surface area (TPSA) is 15.7 Å². The molecule has 25 heavy (non-hydrogen) atoms. The number of para-hydroxylation sites is 2. The highest BCUT2D eigenvalue weighted by Gasteiger charge is 2.34. The van der Waals surface area contributed by atoms with Crippen molar-refractivity contribution in [3.63, 3.8) is 0 Å². The molecule has 5 heteroatoms. The standard InChI is InChI=1S/C20H27ClN2O.ClH/c1-3-22(4-2)13-7-8-14-23-17-9-5-6-10-19(17)24-20-12-11-16(21)15-18(20)23;/h5-6,9-12,15,18,20H,3-4,7-8,13-14H2,1-2H3;1H. The lowest BCUT2D eigenvalue weighted by Gasteiger charge is -2.42. The fraction of sp³-hybridized carbons (Fsp3) is 0.500. The molecular formula is C20H28Cl2N2O. The third kappa shape index (κ3) is 4.72. The van der Waals surface area contributed by atoms with Gasteiger partial charge in [-0.15, -0.1) is 12.4 Å². The summed E-state index contributed by atoms with van der Waals surface area (Å²) >= 11 is 6.25. The number of benzene rings is 1. The van der Waals surface area contributed by atoms with Crippen molar-refractivity contribution in [1.82, 2.24) is 4.90 Å². The van der Waals surface area contributed by atoms with Gasteiger partial charge in [-0.1, -0.05) is 37.6 Å². The van der Waals surface area contributed by atoms with E-state index in [4.69, 9.17) is 16.3 Å². The van der Waals surface area contributed by atoms with Gasteiger partial charge in [-0.25, -0.2) is 0 Å². The fourth-order valence-corrected chi connectivity index (χ4v) is 3.72. The number of anilines is 1. The molecule has 0 saturated heterocycles. The van der Waals surface area contributed by atoms with Gasteiger partial charge in [0.05, 0.1) is 11.7 Å². The monoisotopic (exact) mass is 382 g/mol. The number of nitrogens with zero attached hydrogens (tertiary/aromatic N) is 2. The SMILES string of the molecule is CCN(CC)CCCCN1c2ccccc2OC2C=CC(Cl)=CC21.Cl. The smallest absolute Gasteiger partial charge is 0.143 e. The van der Waals surface area contributed by atoms with Crippen LogP contribution in [-0.4, -0.2) is 43.2 Å². The van der Waals surface area contributed by atoms with Gasteiger partial charge in [-0.05, 0) is 62.8 Å². The van der Waals surface area contributed by atoms with Crippen molar-refractivity contribution in [3.05, 3.63) is 47.5 Å². The first-order valence-corrected chi connectivity index (χ1v) is 9.41. The maximum atomic E-state index is 6.25. The van der Waals surface area contributed by atoms with Gasteiger partial charge in [0.2, 0.25) is 0 Å². The van der Waals surface area contributed by atoms with Gasteiger partial charge in [0.15, 0.2) is 0 Å². The number of halogens is 2. The van der Waals surface area contributed by atoms with E-state index in [9.17, 15) is 0 Å². The summed E-state index contributed by atoms with van der Waals surface area (Å²) in [6, 6.07) is 8.51. The third-order valence-corrected chi connectivity index (χ3v) is 5.18. The lowest BCUT2D eigenvalue weighted by Crippen LogP contribution is -2.49. The molecule has 0 bridgehead atoms. The number of fused-ring (bicyclic) bond motifs is 2. The second-order valence-electron chi connectivity index (χ2n) is 6.38. The largest absolute Gasteiger partial charge is 0.482 e. The van der Waals surface area contributed by atoms with Gasteiger partial charge in [0.1, 0.15) is 11.9 Å². The van der Waals surface area contributed by atoms with E-state index in [-0.39, 0.29) is 24.6 Å². The van der Waals surface area contributed by atoms with Crippen LogP contribution in [0.25, 0.3) is 0 Å². The normalized spacial score (nSPS) is 21.1. The highest BCUT2D eigenvalue weighted by molar-refractivity contribution is 6.31. The van der Waals surface area contributed by atoms with Crippen molar-refractivity contribution < 1.29 is 4.74 Å². The van der Waals surface area contributed by atoms with Crippen LogP contribution < -0.4 is 9.64 Å². The molecule has 3 nitrogen and oxygen atoms in total. The van der Waals surface area contributed by atoms with Gasteiger partial charge in [0.25, 0.3) is 0 Å². The summed E-state index contributed by atoms with van der Waals surface area (Å²) in [5.41, 5.74) is 1.18. The molecule has 1 aliphatic carbocycles. The number of unbranched alkanes of at least 4 members (excludes halogenated alkanes) is 1. The minimum atomic E-state index is 0. The van der Waals surface area contributed by atoms with Crippen molar-refractivity contribution in [2.45, 2.75) is 38.8 Å². The van der Waals surface area contributed by atoms with Crippen LogP contribution >= 0.6 is 24.0 Å². The van der Waals surface area contributed by atoms with Crippen molar-refractivity contribution in [2.75, 3.05) is 31.1 Å². The number of allylic oxidation sites excluding steroid dienone is 2. The molecule has 0 radical (unpaired) electrons. The maximum absolute atomic E-state index is 6.25. The van der Waals surface area contributed by atoms with Gasteiger partial charge in [0, 0.05) is 11.6 Å². The maximum Gasteiger partial charge on any atom is 0.143 e. The van der Waals surface area contributed by atoms with Crippen LogP contribution in [0.2, 0.25) is 0 Å². The number of ether oxygens (including phenoxy) is 1. The molecule has 2 aliphatic rings. The molecule has 0 amide bonds. The zero-order valence-electron chi connectivity index (χ0n) is 15.0. The Kier molecular flexibility index (Phi) is 7.67. The van der Waals surface area contributed by atoms with E-state index in [1.165, 1.54) is 25.1 Å². The average Bonchev–Trinajstić information content (AvgIpc) is 2.61. The first kappa shape index (κ1) is 20.2. The average molecular weight is 383 g/mol. The van der Waals surface area contributed by atoms with Crippen molar-refractivity contribution in [1.29, 1.82) is 0 Å². The highest BCUT2D eigenvalue weighted by Crippen LogP contribution is 2.38. The summed E-state index contributed by atoms with van der Waals surface area (Å²) in [6.45, 7) is 8.91. The van der Waals surface area contributed by atoms with Crippen molar-refractivity contribution in [2.24, 2.45) is 0 Å². The molecule has 0 spiro atoms. The predicted octanol–water partition coefficient (Wildman–Crippen LogP) is 4.86. The van der Waals surface area contributed by atoms with Gasteiger partial charge in [-0.2, -0.15) is 0 Å². The van der Waals surface area contributed by atoms with Crippen molar-refractivity contribution in [3.8, 4) is 5.75 Å². The molecule has 1 aliphatic heterocycles. The first-order chi connectivity index (χ1) is 11.7. The third-order valence-electron chi connectivity index (χ3n) is 4.93.